The molecule has 3 aromatic heterocycles. The maximum atomic E-state index is 9.84. The Morgan fingerprint density at radius 1 is 0.296 bits per heavy atom. The van der Waals surface area contributed by atoms with Crippen molar-refractivity contribution < 1.29 is 0 Å². The Bertz CT molecular complexity index is 3830. The van der Waals surface area contributed by atoms with Gasteiger partial charge in [0.1, 0.15) is 0 Å². The molecule has 0 fully saturated rings. The number of hydrogen-bond donors (Lipinski definition) is 0. The van der Waals surface area contributed by atoms with Gasteiger partial charge in [-0.3, -0.25) is 0 Å². The summed E-state index contributed by atoms with van der Waals surface area (Å²) in [5, 5.41) is 21.7. The molecule has 0 spiro atoms. The highest BCUT2D eigenvalue weighted by atomic mass is 15.0. The van der Waals surface area contributed by atoms with Crippen LogP contribution in [0.5, 0.6) is 0 Å². The first-order chi connectivity index (χ1) is 35.1. The van der Waals surface area contributed by atoms with Crippen molar-refractivity contribution in [3.8, 4) is 108 Å². The number of nitrogens with zero attached hydrogens (tertiary/aromatic N) is 7. The van der Waals surface area contributed by atoms with Crippen LogP contribution in [-0.2, 0) is 0 Å². The monoisotopic (exact) mass is 905 g/mol. The highest BCUT2D eigenvalue weighted by Crippen LogP contribution is 2.42. The van der Waals surface area contributed by atoms with E-state index in [-0.39, 0.29) is 0 Å². The van der Waals surface area contributed by atoms with Crippen LogP contribution in [0.4, 0.5) is 0 Å². The maximum Gasteiger partial charge on any atom is 0.160 e. The fourth-order valence-electron chi connectivity index (χ4n) is 9.40. The molecule has 0 unspecified atom stereocenters. The molecular weight excluding hydrogens is 867 g/mol. The van der Waals surface area contributed by atoms with Gasteiger partial charge in [0.05, 0.1) is 62.8 Å². The minimum Gasteiger partial charge on any atom is -0.309 e. The zero-order chi connectivity index (χ0) is 47.7. The highest BCUT2D eigenvalue weighted by Gasteiger charge is 2.22. The normalized spacial score (nSPS) is 11.1. The number of fused-ring (bicyclic) bond motifs is 3. The molecule has 9 aromatic carbocycles. The molecule has 0 amide bonds. The molecule has 0 aliphatic carbocycles. The Balaban J connectivity index is 1.15. The fraction of sp³-hybridized carbons (Fsp3) is 0. The number of nitriles is 2. The van der Waals surface area contributed by atoms with Crippen LogP contribution in [0.3, 0.4) is 0 Å². The van der Waals surface area contributed by atoms with Crippen LogP contribution in [0.2, 0.25) is 0 Å². The Hall–Kier alpha value is -10.1. The molecule has 0 bridgehead atoms. The van der Waals surface area contributed by atoms with E-state index in [1.165, 1.54) is 0 Å². The van der Waals surface area contributed by atoms with Crippen LogP contribution in [0.1, 0.15) is 11.1 Å². The SMILES string of the molecule is N#Cc1cccc(-c2ccc3c(c2)c2cc(-c4cccc(C#N)c4)ccc2n3-c2ccc(-c3nc(-c4ccccc4)cc(-c4ccccc4)n3)cc2-c2cc(-c3ccccc3)nc(-c3ccccc3)n2)c1. The second-order valence-corrected chi connectivity index (χ2v) is 17.3. The summed E-state index contributed by atoms with van der Waals surface area (Å²) in [4.78, 5) is 21.1. The minimum atomic E-state index is 0.578. The average molecular weight is 906 g/mol. The molecule has 0 saturated heterocycles. The van der Waals surface area contributed by atoms with Crippen molar-refractivity contribution in [3.05, 3.63) is 248 Å². The third kappa shape index (κ3) is 8.16. The maximum absolute atomic E-state index is 9.84. The fourth-order valence-corrected chi connectivity index (χ4v) is 9.40. The lowest BCUT2D eigenvalue weighted by molar-refractivity contribution is 1.14. The second-order valence-electron chi connectivity index (χ2n) is 17.3. The number of benzene rings is 9. The molecule has 71 heavy (non-hydrogen) atoms. The van der Waals surface area contributed by atoms with E-state index in [4.69, 9.17) is 19.9 Å². The molecule has 7 heteroatoms. The average Bonchev–Trinajstić information content (AvgIpc) is 3.78. The zero-order valence-corrected chi connectivity index (χ0v) is 38.1. The predicted molar refractivity (Wildman–Crippen MR) is 285 cm³/mol. The first kappa shape index (κ1) is 42.3. The first-order valence-corrected chi connectivity index (χ1v) is 23.3. The Labute approximate surface area is 410 Å². The molecule has 12 aromatic rings. The summed E-state index contributed by atoms with van der Waals surface area (Å²) in [5.41, 5.74) is 16.6. The number of aromatic nitrogens is 5. The lowest BCUT2D eigenvalue weighted by Gasteiger charge is -2.17. The summed E-state index contributed by atoms with van der Waals surface area (Å²) >= 11 is 0. The molecule has 0 atom stereocenters. The molecule has 0 aliphatic rings. The van der Waals surface area contributed by atoms with Crippen molar-refractivity contribution in [2.75, 3.05) is 0 Å². The van der Waals surface area contributed by atoms with E-state index < -0.39 is 0 Å². The van der Waals surface area contributed by atoms with E-state index in [2.05, 4.69) is 120 Å². The van der Waals surface area contributed by atoms with Gasteiger partial charge in [0, 0.05) is 44.2 Å². The summed E-state index contributed by atoms with van der Waals surface area (Å²) in [6.45, 7) is 0. The smallest absolute Gasteiger partial charge is 0.160 e. The largest absolute Gasteiger partial charge is 0.309 e. The van der Waals surface area contributed by atoms with Gasteiger partial charge < -0.3 is 4.57 Å². The minimum absolute atomic E-state index is 0.578. The van der Waals surface area contributed by atoms with E-state index in [1.807, 2.05) is 133 Å². The lowest BCUT2D eigenvalue weighted by Crippen LogP contribution is -2.02. The van der Waals surface area contributed by atoms with Crippen molar-refractivity contribution in [2.24, 2.45) is 0 Å². The molecule has 330 valence electrons. The zero-order valence-electron chi connectivity index (χ0n) is 38.1. The van der Waals surface area contributed by atoms with Crippen LogP contribution in [0.15, 0.2) is 237 Å². The van der Waals surface area contributed by atoms with E-state index in [0.29, 0.717) is 22.8 Å². The Morgan fingerprint density at radius 2 is 0.676 bits per heavy atom. The molecule has 0 saturated carbocycles. The second kappa shape index (κ2) is 18.2. The van der Waals surface area contributed by atoms with E-state index in [1.54, 1.807) is 0 Å². The van der Waals surface area contributed by atoms with Gasteiger partial charge in [-0.15, -0.1) is 0 Å². The summed E-state index contributed by atoms with van der Waals surface area (Å²) < 4.78 is 2.32. The number of rotatable bonds is 9. The first-order valence-electron chi connectivity index (χ1n) is 23.3. The Morgan fingerprint density at radius 3 is 1.14 bits per heavy atom. The van der Waals surface area contributed by atoms with Crippen molar-refractivity contribution >= 4 is 21.8 Å². The van der Waals surface area contributed by atoms with Gasteiger partial charge in [-0.05, 0) is 101 Å². The molecule has 0 aliphatic heterocycles. The van der Waals surface area contributed by atoms with Crippen LogP contribution in [-0.4, -0.2) is 24.5 Å². The van der Waals surface area contributed by atoms with Crippen LogP contribution < -0.4 is 0 Å². The van der Waals surface area contributed by atoms with Gasteiger partial charge in [0.2, 0.25) is 0 Å². The summed E-state index contributed by atoms with van der Waals surface area (Å²) in [5.74, 6) is 1.18. The molecule has 7 nitrogen and oxygen atoms in total. The van der Waals surface area contributed by atoms with Gasteiger partial charge in [-0.2, -0.15) is 10.5 Å². The summed E-state index contributed by atoms with van der Waals surface area (Å²) in [6.07, 6.45) is 0. The van der Waals surface area contributed by atoms with Crippen molar-refractivity contribution in [3.63, 3.8) is 0 Å². The third-order valence-electron chi connectivity index (χ3n) is 12.9. The van der Waals surface area contributed by atoms with Crippen LogP contribution >= 0.6 is 0 Å². The van der Waals surface area contributed by atoms with Gasteiger partial charge in [0.15, 0.2) is 11.6 Å². The molecule has 0 N–H and O–H groups in total. The Kier molecular flexibility index (Phi) is 10.8. The van der Waals surface area contributed by atoms with E-state index >= 15 is 0 Å². The van der Waals surface area contributed by atoms with Crippen LogP contribution in [0.25, 0.3) is 118 Å². The quantitative estimate of drug-likeness (QED) is 0.143. The molecule has 3 heterocycles. The van der Waals surface area contributed by atoms with Crippen molar-refractivity contribution in [1.29, 1.82) is 10.5 Å². The molecule has 0 radical (unpaired) electrons. The van der Waals surface area contributed by atoms with Crippen molar-refractivity contribution in [2.45, 2.75) is 0 Å². The van der Waals surface area contributed by atoms with Crippen molar-refractivity contribution in [1.82, 2.24) is 24.5 Å². The van der Waals surface area contributed by atoms with Gasteiger partial charge in [0.25, 0.3) is 0 Å². The van der Waals surface area contributed by atoms with E-state index in [9.17, 15) is 10.5 Å². The predicted octanol–water partition coefficient (Wildman–Crippen LogP) is 15.4. The van der Waals surface area contributed by atoms with Crippen LogP contribution in [0, 0.1) is 22.7 Å². The van der Waals surface area contributed by atoms with Gasteiger partial charge in [-0.1, -0.05) is 158 Å². The standard InChI is InChI=1S/C64H39N7/c65-40-42-15-13-25-48(33-42)50-27-30-60-53(35-50)54-36-51(49-26-14-16-43(34-49)41-66)28-31-61(54)71(60)62-32-29-52(64-68-56(44-17-5-1-6-18-44)38-57(69-64)45-19-7-2-8-20-45)37-55(62)59-39-58(46-21-9-3-10-22-46)67-63(70-59)47-23-11-4-12-24-47/h1-39H. The van der Waals surface area contributed by atoms with E-state index in [0.717, 1.165) is 106 Å². The molecular formula is C64H39N7. The number of hydrogen-bond acceptors (Lipinski definition) is 6. The topological polar surface area (TPSA) is 104 Å². The summed E-state index contributed by atoms with van der Waals surface area (Å²) in [6, 6.07) is 84.4. The highest BCUT2D eigenvalue weighted by molar-refractivity contribution is 6.12. The van der Waals surface area contributed by atoms with Gasteiger partial charge >= 0.3 is 0 Å². The third-order valence-corrected chi connectivity index (χ3v) is 12.9. The molecule has 12 rings (SSSR count). The van der Waals surface area contributed by atoms with Gasteiger partial charge in [-0.25, -0.2) is 19.9 Å². The lowest BCUT2D eigenvalue weighted by atomic mass is 9.99. The summed E-state index contributed by atoms with van der Waals surface area (Å²) in [7, 11) is 0.